The molecule has 0 unspecified atom stereocenters. The van der Waals surface area contributed by atoms with Crippen LogP contribution in [0.5, 0.6) is 0 Å². The predicted octanol–water partition coefficient (Wildman–Crippen LogP) is 3.57. The van der Waals surface area contributed by atoms with Crippen LogP contribution in [0.3, 0.4) is 0 Å². The van der Waals surface area contributed by atoms with Crippen molar-refractivity contribution in [2.45, 2.75) is 39.8 Å². The van der Waals surface area contributed by atoms with Crippen molar-refractivity contribution in [2.24, 2.45) is 5.92 Å². The number of nitrogens with zero attached hydrogens (tertiary/aromatic N) is 1. The molecule has 0 fully saturated rings. The topological polar surface area (TPSA) is 42.0 Å². The standard InChI is InChI=1S/C14H19F3N2O/c1-9(2)5-4-8-18-13(20)11-6-7-12(14(15,16)17)19-10(11)3/h6-7,9H,4-5,8H2,1-3H3,(H,18,20). The maximum Gasteiger partial charge on any atom is 0.433 e. The molecule has 1 N–H and O–H groups in total. The molecule has 0 spiro atoms. The number of rotatable bonds is 5. The van der Waals surface area contributed by atoms with Crippen molar-refractivity contribution >= 4 is 5.91 Å². The number of hydrogen-bond acceptors (Lipinski definition) is 2. The van der Waals surface area contributed by atoms with E-state index in [1.54, 1.807) is 0 Å². The number of nitrogens with one attached hydrogen (secondary N) is 1. The van der Waals surface area contributed by atoms with Crippen molar-refractivity contribution in [3.8, 4) is 0 Å². The summed E-state index contributed by atoms with van der Waals surface area (Å²) < 4.78 is 37.4. The highest BCUT2D eigenvalue weighted by molar-refractivity contribution is 5.95. The third-order valence-corrected chi connectivity index (χ3v) is 2.86. The highest BCUT2D eigenvalue weighted by atomic mass is 19.4. The average Bonchev–Trinajstić information content (AvgIpc) is 2.32. The van der Waals surface area contributed by atoms with E-state index < -0.39 is 11.9 Å². The first-order valence-corrected chi connectivity index (χ1v) is 6.55. The lowest BCUT2D eigenvalue weighted by molar-refractivity contribution is -0.141. The summed E-state index contributed by atoms with van der Waals surface area (Å²) in [7, 11) is 0. The second-order valence-electron chi connectivity index (χ2n) is 5.12. The fourth-order valence-corrected chi connectivity index (χ4v) is 1.77. The number of alkyl halides is 3. The van der Waals surface area contributed by atoms with Gasteiger partial charge in [-0.25, -0.2) is 4.98 Å². The Balaban J connectivity index is 2.65. The summed E-state index contributed by atoms with van der Waals surface area (Å²) in [5.41, 5.74) is -0.713. The third-order valence-electron chi connectivity index (χ3n) is 2.86. The molecule has 0 saturated heterocycles. The van der Waals surface area contributed by atoms with Crippen LogP contribution >= 0.6 is 0 Å². The molecule has 0 bridgehead atoms. The number of pyridine rings is 1. The van der Waals surface area contributed by atoms with Crippen LogP contribution in [0.2, 0.25) is 0 Å². The SMILES string of the molecule is Cc1nc(C(F)(F)F)ccc1C(=O)NCCCC(C)C. The Kier molecular flexibility index (Phi) is 5.53. The van der Waals surface area contributed by atoms with E-state index in [0.717, 1.165) is 18.9 Å². The van der Waals surface area contributed by atoms with Crippen molar-refractivity contribution in [1.29, 1.82) is 0 Å². The molecule has 112 valence electrons. The molecule has 0 atom stereocenters. The number of halogens is 3. The van der Waals surface area contributed by atoms with Crippen LogP contribution in [0, 0.1) is 12.8 Å². The largest absolute Gasteiger partial charge is 0.433 e. The summed E-state index contributed by atoms with van der Waals surface area (Å²) in [6, 6.07) is 2.00. The van der Waals surface area contributed by atoms with Crippen molar-refractivity contribution in [2.75, 3.05) is 6.54 Å². The van der Waals surface area contributed by atoms with Gasteiger partial charge in [-0.3, -0.25) is 4.79 Å². The molecule has 1 aromatic heterocycles. The van der Waals surface area contributed by atoms with Gasteiger partial charge < -0.3 is 5.32 Å². The summed E-state index contributed by atoms with van der Waals surface area (Å²) in [5.74, 6) is 0.175. The lowest BCUT2D eigenvalue weighted by Crippen LogP contribution is -2.26. The molecule has 0 aliphatic rings. The van der Waals surface area contributed by atoms with Gasteiger partial charge in [-0.1, -0.05) is 13.8 Å². The minimum absolute atomic E-state index is 0.0844. The van der Waals surface area contributed by atoms with Crippen molar-refractivity contribution in [1.82, 2.24) is 10.3 Å². The highest BCUT2D eigenvalue weighted by Gasteiger charge is 2.32. The molecule has 1 aromatic rings. The Hall–Kier alpha value is -1.59. The minimum Gasteiger partial charge on any atom is -0.352 e. The van der Waals surface area contributed by atoms with Crippen LogP contribution in [-0.2, 0) is 6.18 Å². The Morgan fingerprint density at radius 3 is 2.50 bits per heavy atom. The Bertz CT molecular complexity index is 470. The van der Waals surface area contributed by atoms with Gasteiger partial charge in [0, 0.05) is 6.54 Å². The van der Waals surface area contributed by atoms with Gasteiger partial charge in [-0.05, 0) is 37.8 Å². The van der Waals surface area contributed by atoms with E-state index in [1.807, 2.05) is 0 Å². The number of carbonyl (C=O) groups excluding carboxylic acids is 1. The highest BCUT2D eigenvalue weighted by Crippen LogP contribution is 2.28. The Morgan fingerprint density at radius 1 is 1.35 bits per heavy atom. The maximum atomic E-state index is 12.5. The maximum absolute atomic E-state index is 12.5. The van der Waals surface area contributed by atoms with Crippen molar-refractivity contribution < 1.29 is 18.0 Å². The van der Waals surface area contributed by atoms with E-state index in [0.29, 0.717) is 12.5 Å². The zero-order valence-corrected chi connectivity index (χ0v) is 11.8. The molecule has 0 aliphatic carbocycles. The van der Waals surface area contributed by atoms with Gasteiger partial charge in [-0.15, -0.1) is 0 Å². The second kappa shape index (κ2) is 6.72. The van der Waals surface area contributed by atoms with E-state index in [-0.39, 0.29) is 17.2 Å². The number of hydrogen-bond donors (Lipinski definition) is 1. The van der Waals surface area contributed by atoms with E-state index >= 15 is 0 Å². The molecular weight excluding hydrogens is 269 g/mol. The molecule has 1 heterocycles. The molecule has 1 amide bonds. The van der Waals surface area contributed by atoms with Gasteiger partial charge in [0.25, 0.3) is 5.91 Å². The molecule has 1 rings (SSSR count). The molecule has 0 aromatic carbocycles. The predicted molar refractivity (Wildman–Crippen MR) is 70.4 cm³/mol. The molecule has 0 aliphatic heterocycles. The average molecular weight is 288 g/mol. The second-order valence-corrected chi connectivity index (χ2v) is 5.12. The summed E-state index contributed by atoms with van der Waals surface area (Å²) in [5, 5.41) is 2.69. The number of amides is 1. The molecule has 0 saturated carbocycles. The van der Waals surface area contributed by atoms with Crippen LogP contribution in [0.25, 0.3) is 0 Å². The van der Waals surface area contributed by atoms with Crippen LogP contribution < -0.4 is 5.32 Å². The molecule has 20 heavy (non-hydrogen) atoms. The normalized spacial score (nSPS) is 11.8. The fraction of sp³-hybridized carbons (Fsp3) is 0.571. The van der Waals surface area contributed by atoms with E-state index in [2.05, 4.69) is 24.1 Å². The van der Waals surface area contributed by atoms with Crippen molar-refractivity contribution in [3.63, 3.8) is 0 Å². The van der Waals surface area contributed by atoms with Crippen LogP contribution in [0.1, 0.15) is 48.4 Å². The van der Waals surface area contributed by atoms with Crippen LogP contribution in [0.4, 0.5) is 13.2 Å². The van der Waals surface area contributed by atoms with Gasteiger partial charge in [-0.2, -0.15) is 13.2 Å². The van der Waals surface area contributed by atoms with Crippen LogP contribution in [0.15, 0.2) is 12.1 Å². The number of aromatic nitrogens is 1. The van der Waals surface area contributed by atoms with Gasteiger partial charge in [0.1, 0.15) is 5.69 Å². The van der Waals surface area contributed by atoms with Gasteiger partial charge >= 0.3 is 6.18 Å². The van der Waals surface area contributed by atoms with E-state index in [9.17, 15) is 18.0 Å². The first kappa shape index (κ1) is 16.5. The van der Waals surface area contributed by atoms with Crippen molar-refractivity contribution in [3.05, 3.63) is 29.1 Å². The summed E-state index contributed by atoms with van der Waals surface area (Å²) >= 11 is 0. The molecule has 6 heteroatoms. The monoisotopic (exact) mass is 288 g/mol. The van der Waals surface area contributed by atoms with Crippen LogP contribution in [-0.4, -0.2) is 17.4 Å². The third kappa shape index (κ3) is 4.83. The summed E-state index contributed by atoms with van der Waals surface area (Å²) in [6.45, 7) is 6.09. The lowest BCUT2D eigenvalue weighted by atomic mass is 10.1. The number of aryl methyl sites for hydroxylation is 1. The zero-order chi connectivity index (χ0) is 15.3. The summed E-state index contributed by atoms with van der Waals surface area (Å²) in [4.78, 5) is 15.3. The Morgan fingerprint density at radius 2 is 2.00 bits per heavy atom. The number of carbonyl (C=O) groups is 1. The lowest BCUT2D eigenvalue weighted by Gasteiger charge is -2.11. The molecular formula is C14H19F3N2O. The smallest absolute Gasteiger partial charge is 0.352 e. The summed E-state index contributed by atoms with van der Waals surface area (Å²) in [6.07, 6.45) is -2.65. The Labute approximate surface area is 116 Å². The van der Waals surface area contributed by atoms with E-state index in [1.165, 1.54) is 13.0 Å². The first-order valence-electron chi connectivity index (χ1n) is 6.55. The quantitative estimate of drug-likeness (QED) is 0.841. The van der Waals surface area contributed by atoms with E-state index in [4.69, 9.17) is 0 Å². The zero-order valence-electron chi connectivity index (χ0n) is 11.8. The first-order chi connectivity index (χ1) is 9.21. The fourth-order valence-electron chi connectivity index (χ4n) is 1.77. The minimum atomic E-state index is -4.49. The van der Waals surface area contributed by atoms with Gasteiger partial charge in [0.2, 0.25) is 0 Å². The van der Waals surface area contributed by atoms with Gasteiger partial charge in [0.05, 0.1) is 11.3 Å². The van der Waals surface area contributed by atoms with Gasteiger partial charge in [0.15, 0.2) is 0 Å². The molecule has 0 radical (unpaired) electrons. The molecule has 3 nitrogen and oxygen atoms in total.